The molecule has 7 nitrogen and oxygen atoms in total. The van der Waals surface area contributed by atoms with E-state index >= 15 is 0 Å². The molecule has 2 rings (SSSR count). The number of amides is 4. The van der Waals surface area contributed by atoms with Crippen molar-refractivity contribution in [2.45, 2.75) is 6.42 Å². The minimum Gasteiger partial charge on any atom is -0.340 e. The summed E-state index contributed by atoms with van der Waals surface area (Å²) in [6.07, 6.45) is 1.75. The Morgan fingerprint density at radius 2 is 1.77 bits per heavy atom. The van der Waals surface area contributed by atoms with Gasteiger partial charge >= 0.3 is 6.03 Å². The first-order valence-corrected chi connectivity index (χ1v) is 8.41. The topological polar surface area (TPSA) is 81.8 Å². The van der Waals surface area contributed by atoms with Crippen LogP contribution in [0, 0.1) is 5.82 Å². The van der Waals surface area contributed by atoms with Crippen molar-refractivity contribution in [2.24, 2.45) is 0 Å². The number of piperazine rings is 1. The second-order valence-electron chi connectivity index (χ2n) is 6.01. The Balaban J connectivity index is 1.71. The zero-order chi connectivity index (χ0) is 18.9. The highest BCUT2D eigenvalue weighted by molar-refractivity contribution is 5.95. The molecule has 1 aromatic carbocycles. The van der Waals surface area contributed by atoms with Crippen LogP contribution >= 0.6 is 0 Å². The van der Waals surface area contributed by atoms with Crippen molar-refractivity contribution < 1.29 is 18.8 Å². The number of imide groups is 1. The van der Waals surface area contributed by atoms with Crippen molar-refractivity contribution >= 4 is 17.8 Å². The maximum Gasteiger partial charge on any atom is 0.321 e. The first-order valence-electron chi connectivity index (χ1n) is 8.41. The molecule has 1 saturated heterocycles. The Labute approximate surface area is 151 Å². The van der Waals surface area contributed by atoms with Gasteiger partial charge in [0, 0.05) is 32.7 Å². The van der Waals surface area contributed by atoms with E-state index in [1.54, 1.807) is 17.0 Å². The predicted molar refractivity (Wildman–Crippen MR) is 94.9 cm³/mol. The molecule has 0 bridgehead atoms. The molecule has 0 atom stereocenters. The van der Waals surface area contributed by atoms with Crippen molar-refractivity contribution in [1.29, 1.82) is 0 Å². The Hall–Kier alpha value is -2.74. The molecule has 2 N–H and O–H groups in total. The molecule has 26 heavy (non-hydrogen) atoms. The lowest BCUT2D eigenvalue weighted by atomic mass is 10.1. The van der Waals surface area contributed by atoms with Crippen LogP contribution in [0.2, 0.25) is 0 Å². The molecule has 1 aliphatic rings. The molecule has 0 spiro atoms. The number of rotatable bonds is 6. The molecule has 1 fully saturated rings. The van der Waals surface area contributed by atoms with E-state index in [1.165, 1.54) is 18.2 Å². The summed E-state index contributed by atoms with van der Waals surface area (Å²) in [6, 6.07) is 5.33. The van der Waals surface area contributed by atoms with Gasteiger partial charge in [-0.15, -0.1) is 6.58 Å². The van der Waals surface area contributed by atoms with Crippen LogP contribution in [-0.2, 0) is 16.0 Å². The number of carbonyl (C=O) groups excluding carboxylic acids is 3. The molecule has 4 amide bonds. The van der Waals surface area contributed by atoms with Gasteiger partial charge in [-0.05, 0) is 17.7 Å². The Kier molecular flexibility index (Phi) is 7.28. The van der Waals surface area contributed by atoms with E-state index < -0.39 is 11.9 Å². The number of carbonyl (C=O) groups is 3. The number of nitrogens with one attached hydrogen (secondary N) is 2. The molecule has 1 heterocycles. The standard InChI is InChI=1S/C18H23FN4O3/c1-2-7-20-18(26)21-16(24)13-22-8-10-23(11-9-22)17(25)12-14-3-5-15(19)6-4-14/h2-6H,1,7-13H2,(H2,20,21,24,26). The highest BCUT2D eigenvalue weighted by Gasteiger charge is 2.22. The highest BCUT2D eigenvalue weighted by atomic mass is 19.1. The molecular weight excluding hydrogens is 339 g/mol. The second-order valence-corrected chi connectivity index (χ2v) is 6.01. The lowest BCUT2D eigenvalue weighted by Crippen LogP contribution is -2.52. The summed E-state index contributed by atoms with van der Waals surface area (Å²) >= 11 is 0. The Morgan fingerprint density at radius 1 is 1.12 bits per heavy atom. The van der Waals surface area contributed by atoms with Crippen LogP contribution in [0.5, 0.6) is 0 Å². The highest BCUT2D eigenvalue weighted by Crippen LogP contribution is 2.08. The number of nitrogens with zero attached hydrogens (tertiary/aromatic N) is 2. The molecule has 8 heteroatoms. The van der Waals surface area contributed by atoms with Gasteiger partial charge in [-0.1, -0.05) is 18.2 Å². The van der Waals surface area contributed by atoms with Gasteiger partial charge in [0.05, 0.1) is 13.0 Å². The quantitative estimate of drug-likeness (QED) is 0.723. The summed E-state index contributed by atoms with van der Waals surface area (Å²) in [5, 5.41) is 4.71. The summed E-state index contributed by atoms with van der Waals surface area (Å²) in [4.78, 5) is 39.1. The minimum absolute atomic E-state index is 0.0236. The van der Waals surface area contributed by atoms with Crippen molar-refractivity contribution in [3.8, 4) is 0 Å². The molecule has 0 aliphatic carbocycles. The van der Waals surface area contributed by atoms with Crippen molar-refractivity contribution in [3.05, 3.63) is 48.3 Å². The van der Waals surface area contributed by atoms with Crippen molar-refractivity contribution in [1.82, 2.24) is 20.4 Å². The van der Waals surface area contributed by atoms with E-state index in [1.807, 2.05) is 4.90 Å². The summed E-state index contributed by atoms with van der Waals surface area (Å²) in [7, 11) is 0. The van der Waals surface area contributed by atoms with Gasteiger partial charge in [0.15, 0.2) is 0 Å². The average Bonchev–Trinajstić information content (AvgIpc) is 2.62. The van der Waals surface area contributed by atoms with Gasteiger partial charge in [-0.25, -0.2) is 9.18 Å². The van der Waals surface area contributed by atoms with Crippen molar-refractivity contribution in [3.63, 3.8) is 0 Å². The molecule has 140 valence electrons. The number of halogens is 1. The Bertz CT molecular complexity index is 655. The normalized spacial score (nSPS) is 14.6. The van der Waals surface area contributed by atoms with Gasteiger partial charge in [0.25, 0.3) is 0 Å². The first-order chi connectivity index (χ1) is 12.5. The van der Waals surface area contributed by atoms with E-state index in [4.69, 9.17) is 0 Å². The third-order valence-corrected chi connectivity index (χ3v) is 4.02. The van der Waals surface area contributed by atoms with Crippen LogP contribution in [0.1, 0.15) is 5.56 Å². The number of hydrogen-bond acceptors (Lipinski definition) is 4. The van der Waals surface area contributed by atoms with Gasteiger partial charge in [-0.3, -0.25) is 19.8 Å². The third-order valence-electron chi connectivity index (χ3n) is 4.02. The molecule has 0 radical (unpaired) electrons. The molecule has 0 aromatic heterocycles. The predicted octanol–water partition coefficient (Wildman–Crippen LogP) is 0.524. The van der Waals surface area contributed by atoms with E-state index in [0.717, 1.165) is 5.56 Å². The molecule has 0 unspecified atom stereocenters. The zero-order valence-electron chi connectivity index (χ0n) is 14.5. The fourth-order valence-corrected chi connectivity index (χ4v) is 2.62. The van der Waals surface area contributed by atoms with Crippen LogP contribution in [0.4, 0.5) is 9.18 Å². The van der Waals surface area contributed by atoms with E-state index in [2.05, 4.69) is 17.2 Å². The van der Waals surface area contributed by atoms with Crippen LogP contribution < -0.4 is 10.6 Å². The van der Waals surface area contributed by atoms with E-state index in [-0.39, 0.29) is 31.2 Å². The number of hydrogen-bond donors (Lipinski definition) is 2. The van der Waals surface area contributed by atoms with Gasteiger partial charge in [-0.2, -0.15) is 0 Å². The maximum atomic E-state index is 12.9. The smallest absolute Gasteiger partial charge is 0.321 e. The van der Waals surface area contributed by atoms with Crippen LogP contribution in [0.15, 0.2) is 36.9 Å². The molecule has 0 saturated carbocycles. The Morgan fingerprint density at radius 3 is 2.38 bits per heavy atom. The molecule has 1 aliphatic heterocycles. The first kappa shape index (κ1) is 19.6. The van der Waals surface area contributed by atoms with Gasteiger partial charge in [0.1, 0.15) is 5.82 Å². The van der Waals surface area contributed by atoms with Crippen LogP contribution in [0.3, 0.4) is 0 Å². The van der Waals surface area contributed by atoms with E-state index in [9.17, 15) is 18.8 Å². The monoisotopic (exact) mass is 362 g/mol. The maximum absolute atomic E-state index is 12.9. The largest absolute Gasteiger partial charge is 0.340 e. The summed E-state index contributed by atoms with van der Waals surface area (Å²) in [5.74, 6) is -0.742. The van der Waals surface area contributed by atoms with E-state index in [0.29, 0.717) is 26.2 Å². The summed E-state index contributed by atoms with van der Waals surface area (Å²) in [6.45, 7) is 5.98. The fourth-order valence-electron chi connectivity index (χ4n) is 2.62. The molecule has 1 aromatic rings. The minimum atomic E-state index is -0.553. The number of benzene rings is 1. The van der Waals surface area contributed by atoms with Crippen LogP contribution in [-0.4, -0.2) is 66.9 Å². The molecular formula is C18H23FN4O3. The number of urea groups is 1. The van der Waals surface area contributed by atoms with Gasteiger partial charge < -0.3 is 10.2 Å². The van der Waals surface area contributed by atoms with Crippen LogP contribution in [0.25, 0.3) is 0 Å². The second kappa shape index (κ2) is 9.67. The average molecular weight is 362 g/mol. The summed E-state index contributed by atoms with van der Waals surface area (Å²) in [5.41, 5.74) is 0.767. The SMILES string of the molecule is C=CCNC(=O)NC(=O)CN1CCN(C(=O)Cc2ccc(F)cc2)CC1. The fraction of sp³-hybridized carbons (Fsp3) is 0.389. The zero-order valence-corrected chi connectivity index (χ0v) is 14.5. The lowest BCUT2D eigenvalue weighted by molar-refractivity contribution is -0.132. The third kappa shape index (κ3) is 6.29. The summed E-state index contributed by atoms with van der Waals surface area (Å²) < 4.78 is 12.9. The lowest BCUT2D eigenvalue weighted by Gasteiger charge is -2.34. The van der Waals surface area contributed by atoms with Gasteiger partial charge in [0.2, 0.25) is 11.8 Å². The van der Waals surface area contributed by atoms with Crippen molar-refractivity contribution in [2.75, 3.05) is 39.3 Å².